The van der Waals surface area contributed by atoms with Gasteiger partial charge in [0, 0.05) is 19.5 Å². The molecule has 2 atom stereocenters. The molecular formula is C14H25N3O3S. The summed E-state index contributed by atoms with van der Waals surface area (Å²) in [6.45, 7) is 0.419. The van der Waals surface area contributed by atoms with Gasteiger partial charge in [0.25, 0.3) is 5.91 Å². The van der Waals surface area contributed by atoms with E-state index in [1.54, 1.807) is 0 Å². The summed E-state index contributed by atoms with van der Waals surface area (Å²) in [7, 11) is -2.30. The van der Waals surface area contributed by atoms with Crippen molar-refractivity contribution in [1.82, 2.24) is 9.03 Å². The molecule has 0 saturated heterocycles. The molecule has 1 aliphatic carbocycles. The molecule has 1 aliphatic heterocycles. The lowest BCUT2D eigenvalue weighted by molar-refractivity contribution is -0.121. The van der Waals surface area contributed by atoms with E-state index < -0.39 is 21.7 Å². The molecule has 3 N–H and O–H groups in total. The van der Waals surface area contributed by atoms with Gasteiger partial charge in [-0.3, -0.25) is 4.79 Å². The number of nitrogens with two attached hydrogens (primary N) is 1. The minimum atomic E-state index is -3.78. The van der Waals surface area contributed by atoms with E-state index in [2.05, 4.69) is 10.8 Å². The van der Waals surface area contributed by atoms with Crippen LogP contribution in [0.1, 0.15) is 44.9 Å². The van der Waals surface area contributed by atoms with E-state index in [-0.39, 0.29) is 5.92 Å². The maximum Gasteiger partial charge on any atom is 0.303 e. The molecule has 2 rings (SSSR count). The van der Waals surface area contributed by atoms with E-state index >= 15 is 0 Å². The number of nitrogens with one attached hydrogen (secondary N) is 1. The first kappa shape index (κ1) is 16.5. The average molecular weight is 315 g/mol. The fraction of sp³-hybridized carbons (Fsp3) is 0.786. The van der Waals surface area contributed by atoms with Crippen molar-refractivity contribution in [3.63, 3.8) is 0 Å². The summed E-state index contributed by atoms with van der Waals surface area (Å²) in [4.78, 5) is 12.1. The molecule has 1 fully saturated rings. The van der Waals surface area contributed by atoms with Gasteiger partial charge in [0.15, 0.2) is 0 Å². The predicted octanol–water partition coefficient (Wildman–Crippen LogP) is 0.907. The highest BCUT2D eigenvalue weighted by atomic mass is 32.2. The number of fused-ring (bicyclic) bond motifs is 1. The zero-order valence-corrected chi connectivity index (χ0v) is 13.4. The highest BCUT2D eigenvalue weighted by Gasteiger charge is 2.56. The van der Waals surface area contributed by atoms with Crippen LogP contribution in [0.15, 0.2) is 12.2 Å². The van der Waals surface area contributed by atoms with Crippen LogP contribution in [0, 0.1) is 5.92 Å². The number of hydrogen-bond acceptors (Lipinski definition) is 4. The molecule has 0 aromatic carbocycles. The van der Waals surface area contributed by atoms with E-state index in [0.717, 1.165) is 38.5 Å². The maximum absolute atomic E-state index is 12.1. The van der Waals surface area contributed by atoms with Crippen molar-refractivity contribution in [3.8, 4) is 0 Å². The average Bonchev–Trinajstić information content (AvgIpc) is 3.07. The first-order chi connectivity index (χ1) is 9.86. The van der Waals surface area contributed by atoms with Crippen molar-refractivity contribution in [2.24, 2.45) is 11.7 Å². The Hall–Kier alpha value is -0.920. The second-order valence-corrected chi connectivity index (χ2v) is 7.87. The third kappa shape index (κ3) is 4.05. The summed E-state index contributed by atoms with van der Waals surface area (Å²) in [6.07, 6.45) is 10.7. The lowest BCUT2D eigenvalue weighted by Gasteiger charge is -2.19. The van der Waals surface area contributed by atoms with E-state index in [1.165, 1.54) is 11.4 Å². The van der Waals surface area contributed by atoms with Crippen LogP contribution in [0.3, 0.4) is 0 Å². The van der Waals surface area contributed by atoms with Crippen molar-refractivity contribution < 1.29 is 13.2 Å². The molecule has 1 amide bonds. The quantitative estimate of drug-likeness (QED) is 0.650. The van der Waals surface area contributed by atoms with Crippen molar-refractivity contribution >= 4 is 16.1 Å². The summed E-state index contributed by atoms with van der Waals surface area (Å²) in [6, 6.07) is 0. The molecule has 1 heterocycles. The number of carbonyl (C=O) groups is 1. The third-order valence-corrected chi connectivity index (χ3v) is 5.77. The number of rotatable bonds is 0. The predicted molar refractivity (Wildman–Crippen MR) is 81.6 cm³/mol. The minimum absolute atomic E-state index is 0.0527. The molecule has 120 valence electrons. The topological polar surface area (TPSA) is 92.5 Å². The Morgan fingerprint density at radius 2 is 1.95 bits per heavy atom. The monoisotopic (exact) mass is 315 g/mol. The molecule has 0 aromatic rings. The molecule has 0 bridgehead atoms. The van der Waals surface area contributed by atoms with Gasteiger partial charge in [-0.2, -0.15) is 12.7 Å². The fourth-order valence-electron chi connectivity index (χ4n) is 2.60. The normalized spacial score (nSPS) is 35.1. The van der Waals surface area contributed by atoms with Gasteiger partial charge in [-0.15, -0.1) is 0 Å². The lowest BCUT2D eigenvalue weighted by atomic mass is 10.1. The van der Waals surface area contributed by atoms with Gasteiger partial charge in [-0.1, -0.05) is 31.4 Å². The summed E-state index contributed by atoms with van der Waals surface area (Å²) in [5, 5.41) is 0. The minimum Gasteiger partial charge on any atom is -0.317 e. The van der Waals surface area contributed by atoms with Crippen LogP contribution in [-0.4, -0.2) is 37.8 Å². The SMILES string of the molecule is CN1CCCCCCCC=C[C@@H]2C[C@]2(N)C(=O)NS1(=O)=O. The van der Waals surface area contributed by atoms with Crippen LogP contribution < -0.4 is 10.5 Å². The highest BCUT2D eigenvalue weighted by molar-refractivity contribution is 7.87. The summed E-state index contributed by atoms with van der Waals surface area (Å²) in [5.74, 6) is -0.651. The summed E-state index contributed by atoms with van der Waals surface area (Å²) >= 11 is 0. The van der Waals surface area contributed by atoms with Crippen LogP contribution in [0.4, 0.5) is 0 Å². The van der Waals surface area contributed by atoms with Gasteiger partial charge < -0.3 is 5.73 Å². The molecular weight excluding hydrogens is 290 g/mol. The molecule has 0 spiro atoms. The number of carbonyl (C=O) groups excluding carboxylic acids is 1. The van der Waals surface area contributed by atoms with E-state index in [9.17, 15) is 13.2 Å². The van der Waals surface area contributed by atoms with E-state index in [1.807, 2.05) is 6.08 Å². The van der Waals surface area contributed by atoms with Crippen molar-refractivity contribution in [2.75, 3.05) is 13.6 Å². The Kier molecular flexibility index (Phi) is 5.06. The van der Waals surface area contributed by atoms with Crippen LogP contribution in [-0.2, 0) is 15.0 Å². The molecule has 7 heteroatoms. The van der Waals surface area contributed by atoms with E-state index in [0.29, 0.717) is 13.0 Å². The van der Waals surface area contributed by atoms with Gasteiger partial charge in [0.1, 0.15) is 5.54 Å². The standard InChI is InChI=1S/C14H25N3O3S/c1-17-10-8-6-4-2-3-5-7-9-12-11-14(12,15)13(18)16-21(17,19)20/h7,9,12H,2-6,8,10-11,15H2,1H3,(H,16,18)/t12-,14-/m1/s1. The maximum atomic E-state index is 12.1. The highest BCUT2D eigenvalue weighted by Crippen LogP contribution is 2.42. The lowest BCUT2D eigenvalue weighted by Crippen LogP contribution is -2.50. The summed E-state index contributed by atoms with van der Waals surface area (Å²) in [5.41, 5.74) is 4.93. The molecule has 0 unspecified atom stereocenters. The van der Waals surface area contributed by atoms with Crippen molar-refractivity contribution in [3.05, 3.63) is 12.2 Å². The Balaban J connectivity index is 2.07. The van der Waals surface area contributed by atoms with E-state index in [4.69, 9.17) is 5.73 Å². The second-order valence-electron chi connectivity index (χ2n) is 6.09. The molecule has 0 aromatic heterocycles. The number of amides is 1. The van der Waals surface area contributed by atoms with Gasteiger partial charge in [0.05, 0.1) is 0 Å². The summed E-state index contributed by atoms with van der Waals surface area (Å²) < 4.78 is 27.5. The Morgan fingerprint density at radius 3 is 2.71 bits per heavy atom. The smallest absolute Gasteiger partial charge is 0.303 e. The molecule has 6 nitrogen and oxygen atoms in total. The van der Waals surface area contributed by atoms with Gasteiger partial charge in [-0.25, -0.2) is 4.72 Å². The largest absolute Gasteiger partial charge is 0.317 e. The fourth-order valence-corrected chi connectivity index (χ4v) is 3.55. The molecule has 21 heavy (non-hydrogen) atoms. The third-order valence-electron chi connectivity index (χ3n) is 4.33. The first-order valence-corrected chi connectivity index (χ1v) is 9.04. The van der Waals surface area contributed by atoms with Crippen LogP contribution in [0.5, 0.6) is 0 Å². The molecule has 0 radical (unpaired) electrons. The van der Waals surface area contributed by atoms with Gasteiger partial charge in [-0.05, 0) is 25.7 Å². The van der Waals surface area contributed by atoms with Gasteiger partial charge >= 0.3 is 10.2 Å². The first-order valence-electron chi connectivity index (χ1n) is 7.60. The Bertz CT molecular complexity index is 518. The van der Waals surface area contributed by atoms with Crippen LogP contribution in [0.2, 0.25) is 0 Å². The van der Waals surface area contributed by atoms with Gasteiger partial charge in [0.2, 0.25) is 0 Å². The number of nitrogens with zero attached hydrogens (tertiary/aromatic N) is 1. The zero-order chi connectivity index (χ0) is 15.5. The molecule has 2 aliphatic rings. The van der Waals surface area contributed by atoms with Crippen molar-refractivity contribution in [1.29, 1.82) is 0 Å². The van der Waals surface area contributed by atoms with Crippen molar-refractivity contribution in [2.45, 2.75) is 50.5 Å². The zero-order valence-electron chi connectivity index (χ0n) is 12.5. The number of allylic oxidation sites excluding steroid dienone is 1. The van der Waals surface area contributed by atoms with Crippen LogP contribution >= 0.6 is 0 Å². The molecule has 1 saturated carbocycles. The Labute approximate surface area is 126 Å². The van der Waals surface area contributed by atoms with Crippen LogP contribution in [0.25, 0.3) is 0 Å². The Morgan fingerprint density at radius 1 is 1.29 bits per heavy atom. The number of hydrogen-bond donors (Lipinski definition) is 2. The second kappa shape index (κ2) is 6.46.